The molecule has 0 saturated heterocycles. The third-order valence-corrected chi connectivity index (χ3v) is 5.36. The molecule has 0 spiro atoms. The lowest BCUT2D eigenvalue weighted by Crippen LogP contribution is -2.51. The number of imidazole rings is 1. The number of hydrogen-bond donors (Lipinski definition) is 2. The topological polar surface area (TPSA) is 75.5 Å². The molecule has 146 valence electrons. The Bertz CT molecular complexity index is 811. The highest BCUT2D eigenvalue weighted by Crippen LogP contribution is 2.24. The monoisotopic (exact) mass is 390 g/mol. The highest BCUT2D eigenvalue weighted by atomic mass is 35.5. The summed E-state index contributed by atoms with van der Waals surface area (Å²) < 4.78 is 1.83. The molecule has 0 radical (unpaired) electrons. The fourth-order valence-electron chi connectivity index (χ4n) is 3.56. The molecule has 2 aromatic rings. The number of nitrogens with one attached hydrogen (secondary N) is 2. The van der Waals surface area contributed by atoms with E-state index < -0.39 is 6.04 Å². The van der Waals surface area contributed by atoms with Crippen LogP contribution in [0.5, 0.6) is 0 Å². The van der Waals surface area contributed by atoms with E-state index in [2.05, 4.69) is 15.6 Å². The van der Waals surface area contributed by atoms with Crippen molar-refractivity contribution in [3.63, 3.8) is 0 Å². The van der Waals surface area contributed by atoms with E-state index in [1.54, 1.807) is 12.3 Å². The first kappa shape index (κ1) is 19.7. The SMILES string of the molecule is CC(C)[C@H](NC(=O)C1CCCCC1)C(=O)NCc1cn2cc(Cl)ccc2n1. The van der Waals surface area contributed by atoms with E-state index in [1.165, 1.54) is 6.42 Å². The second-order valence-corrected chi connectivity index (χ2v) is 8.06. The lowest BCUT2D eigenvalue weighted by atomic mass is 9.88. The highest BCUT2D eigenvalue weighted by molar-refractivity contribution is 6.30. The standard InChI is InChI=1S/C20H27ClN4O2/c1-13(2)18(24-19(26)14-6-4-3-5-7-14)20(27)22-10-16-12-25-11-15(21)8-9-17(25)23-16/h8-9,11-14,18H,3-7,10H2,1-2H3,(H,22,27)(H,24,26)/t18-/m0/s1. The van der Waals surface area contributed by atoms with Crippen LogP contribution >= 0.6 is 11.6 Å². The molecule has 3 rings (SSSR count). The predicted octanol–water partition coefficient (Wildman–Crippen LogP) is 3.33. The summed E-state index contributed by atoms with van der Waals surface area (Å²) in [5, 5.41) is 6.49. The lowest BCUT2D eigenvalue weighted by molar-refractivity contribution is -0.132. The Balaban J connectivity index is 1.59. The molecule has 1 atom stereocenters. The number of carbonyl (C=O) groups is 2. The van der Waals surface area contributed by atoms with Crippen molar-refractivity contribution in [3.8, 4) is 0 Å². The number of amides is 2. The summed E-state index contributed by atoms with van der Waals surface area (Å²) in [6.07, 6.45) is 8.83. The first-order valence-electron chi connectivity index (χ1n) is 9.65. The number of fused-ring (bicyclic) bond motifs is 1. The molecule has 1 fully saturated rings. The summed E-state index contributed by atoms with van der Waals surface area (Å²) in [6, 6.07) is 3.07. The molecule has 0 bridgehead atoms. The van der Waals surface area contributed by atoms with Crippen LogP contribution in [-0.2, 0) is 16.1 Å². The Kier molecular flexibility index (Phi) is 6.37. The van der Waals surface area contributed by atoms with Gasteiger partial charge in [-0.15, -0.1) is 0 Å². The summed E-state index contributed by atoms with van der Waals surface area (Å²) in [5.74, 6) is -0.122. The van der Waals surface area contributed by atoms with E-state index in [9.17, 15) is 9.59 Å². The molecule has 27 heavy (non-hydrogen) atoms. The highest BCUT2D eigenvalue weighted by Gasteiger charge is 2.28. The molecule has 2 heterocycles. The number of nitrogens with zero attached hydrogens (tertiary/aromatic N) is 2. The summed E-state index contributed by atoms with van der Waals surface area (Å²) in [4.78, 5) is 29.7. The molecular weight excluding hydrogens is 364 g/mol. The van der Waals surface area contributed by atoms with Gasteiger partial charge < -0.3 is 15.0 Å². The summed E-state index contributed by atoms with van der Waals surface area (Å²) >= 11 is 5.99. The van der Waals surface area contributed by atoms with Gasteiger partial charge in [0.25, 0.3) is 0 Å². The maximum Gasteiger partial charge on any atom is 0.243 e. The molecule has 1 aliphatic rings. The number of carbonyl (C=O) groups excluding carboxylic acids is 2. The van der Waals surface area contributed by atoms with Crippen molar-refractivity contribution in [2.75, 3.05) is 0 Å². The van der Waals surface area contributed by atoms with Crippen LogP contribution in [0, 0.1) is 11.8 Å². The Hall–Kier alpha value is -2.08. The smallest absolute Gasteiger partial charge is 0.243 e. The van der Waals surface area contributed by atoms with Crippen LogP contribution in [0.3, 0.4) is 0 Å². The molecule has 7 heteroatoms. The Labute approximate surface area is 164 Å². The molecule has 1 aliphatic carbocycles. The van der Waals surface area contributed by atoms with Gasteiger partial charge in [0.1, 0.15) is 11.7 Å². The van der Waals surface area contributed by atoms with E-state index in [-0.39, 0.29) is 23.7 Å². The average Bonchev–Trinajstić information content (AvgIpc) is 3.06. The van der Waals surface area contributed by atoms with Crippen molar-refractivity contribution in [1.82, 2.24) is 20.0 Å². The van der Waals surface area contributed by atoms with Crippen molar-refractivity contribution in [3.05, 3.63) is 35.2 Å². The van der Waals surface area contributed by atoms with E-state index in [0.717, 1.165) is 37.0 Å². The van der Waals surface area contributed by atoms with E-state index in [4.69, 9.17) is 11.6 Å². The number of aromatic nitrogens is 2. The molecule has 2 N–H and O–H groups in total. The van der Waals surface area contributed by atoms with Crippen LogP contribution in [0.25, 0.3) is 5.65 Å². The minimum absolute atomic E-state index is 0.00548. The summed E-state index contributed by atoms with van der Waals surface area (Å²) in [6.45, 7) is 4.19. The zero-order valence-electron chi connectivity index (χ0n) is 15.9. The molecule has 2 amide bonds. The van der Waals surface area contributed by atoms with Crippen molar-refractivity contribution < 1.29 is 9.59 Å². The van der Waals surface area contributed by atoms with Crippen LogP contribution in [-0.4, -0.2) is 27.2 Å². The molecular formula is C20H27ClN4O2. The van der Waals surface area contributed by atoms with Crippen molar-refractivity contribution in [2.45, 2.75) is 58.5 Å². The fourth-order valence-corrected chi connectivity index (χ4v) is 3.73. The minimum atomic E-state index is -0.536. The van der Waals surface area contributed by atoms with Crippen LogP contribution < -0.4 is 10.6 Å². The molecule has 0 unspecified atom stereocenters. The first-order chi connectivity index (χ1) is 12.9. The predicted molar refractivity (Wildman–Crippen MR) is 105 cm³/mol. The quantitative estimate of drug-likeness (QED) is 0.794. The van der Waals surface area contributed by atoms with E-state index in [1.807, 2.05) is 30.5 Å². The third kappa shape index (κ3) is 5.01. The Morgan fingerprint density at radius 2 is 1.96 bits per heavy atom. The van der Waals surface area contributed by atoms with Gasteiger partial charge in [0.2, 0.25) is 11.8 Å². The van der Waals surface area contributed by atoms with Crippen LogP contribution in [0.1, 0.15) is 51.6 Å². The van der Waals surface area contributed by atoms with E-state index >= 15 is 0 Å². The van der Waals surface area contributed by atoms with Crippen LogP contribution in [0.4, 0.5) is 0 Å². The van der Waals surface area contributed by atoms with Gasteiger partial charge in [0, 0.05) is 18.3 Å². The van der Waals surface area contributed by atoms with Crippen LogP contribution in [0.15, 0.2) is 24.5 Å². The number of rotatable bonds is 6. The van der Waals surface area contributed by atoms with Gasteiger partial charge in [-0.1, -0.05) is 44.7 Å². The van der Waals surface area contributed by atoms with Gasteiger partial charge >= 0.3 is 0 Å². The average molecular weight is 391 g/mol. The van der Waals surface area contributed by atoms with Gasteiger partial charge in [-0.25, -0.2) is 4.98 Å². The summed E-state index contributed by atoms with van der Waals surface area (Å²) in [7, 11) is 0. The van der Waals surface area contributed by atoms with Crippen molar-refractivity contribution in [1.29, 1.82) is 0 Å². The molecule has 0 aromatic carbocycles. The normalized spacial score (nSPS) is 16.4. The first-order valence-corrected chi connectivity index (χ1v) is 10.0. The minimum Gasteiger partial charge on any atom is -0.349 e. The zero-order valence-corrected chi connectivity index (χ0v) is 16.6. The van der Waals surface area contributed by atoms with Gasteiger partial charge in [0.05, 0.1) is 17.3 Å². The van der Waals surface area contributed by atoms with Crippen LogP contribution in [0.2, 0.25) is 5.02 Å². The molecule has 0 aliphatic heterocycles. The number of pyridine rings is 1. The number of halogens is 1. The van der Waals surface area contributed by atoms with Gasteiger partial charge in [-0.2, -0.15) is 0 Å². The Morgan fingerprint density at radius 1 is 1.22 bits per heavy atom. The van der Waals surface area contributed by atoms with Gasteiger partial charge in [0.15, 0.2) is 0 Å². The molecule has 1 saturated carbocycles. The third-order valence-electron chi connectivity index (χ3n) is 5.13. The zero-order chi connectivity index (χ0) is 19.4. The second kappa shape index (κ2) is 8.74. The Morgan fingerprint density at radius 3 is 2.67 bits per heavy atom. The number of hydrogen-bond acceptors (Lipinski definition) is 3. The maximum atomic E-state index is 12.7. The van der Waals surface area contributed by atoms with Gasteiger partial charge in [-0.05, 0) is 30.9 Å². The summed E-state index contributed by atoms with van der Waals surface area (Å²) in [5.41, 5.74) is 1.52. The lowest BCUT2D eigenvalue weighted by Gasteiger charge is -2.26. The largest absolute Gasteiger partial charge is 0.349 e. The van der Waals surface area contributed by atoms with E-state index in [0.29, 0.717) is 11.6 Å². The van der Waals surface area contributed by atoms with Crippen molar-refractivity contribution >= 4 is 29.1 Å². The molecule has 6 nitrogen and oxygen atoms in total. The van der Waals surface area contributed by atoms with Crippen molar-refractivity contribution in [2.24, 2.45) is 11.8 Å². The molecule has 2 aromatic heterocycles. The maximum absolute atomic E-state index is 12.7. The van der Waals surface area contributed by atoms with Gasteiger partial charge in [-0.3, -0.25) is 9.59 Å². The fraction of sp³-hybridized carbons (Fsp3) is 0.550. The second-order valence-electron chi connectivity index (χ2n) is 7.63.